The molecule has 1 aromatic heterocycles. The summed E-state index contributed by atoms with van der Waals surface area (Å²) in [4.78, 5) is 34.4. The van der Waals surface area contributed by atoms with E-state index < -0.39 is 34.8 Å². The van der Waals surface area contributed by atoms with Gasteiger partial charge in [0.1, 0.15) is 5.41 Å². The Labute approximate surface area is 180 Å². The molecule has 0 radical (unpaired) electrons. The van der Waals surface area contributed by atoms with Crippen molar-refractivity contribution < 1.29 is 41.6 Å². The molecule has 1 aromatic carbocycles. The van der Waals surface area contributed by atoms with E-state index in [9.17, 15) is 22.8 Å². The number of carbonyl (C=O) groups is 2. The van der Waals surface area contributed by atoms with Gasteiger partial charge in [-0.3, -0.25) is 4.79 Å². The highest BCUT2D eigenvalue weighted by molar-refractivity contribution is 5.85. The summed E-state index contributed by atoms with van der Waals surface area (Å²) in [6.45, 7) is 4.16. The van der Waals surface area contributed by atoms with Crippen LogP contribution < -0.4 is 0 Å². The van der Waals surface area contributed by atoms with Crippen molar-refractivity contribution in [1.82, 2.24) is 15.2 Å². The molecule has 0 bridgehead atoms. The van der Waals surface area contributed by atoms with E-state index in [1.807, 2.05) is 0 Å². The second-order valence-corrected chi connectivity index (χ2v) is 8.45. The van der Waals surface area contributed by atoms with Gasteiger partial charge in [0, 0.05) is 5.56 Å². The zero-order valence-electron chi connectivity index (χ0n) is 17.3. The summed E-state index contributed by atoms with van der Waals surface area (Å²) in [6, 6.07) is 6.11. The monoisotopic (exact) mass is 455 g/mol. The quantitative estimate of drug-likeness (QED) is 0.634. The lowest BCUT2D eigenvalue weighted by Crippen LogP contribution is -2.55. The van der Waals surface area contributed by atoms with E-state index in [2.05, 4.69) is 14.7 Å². The van der Waals surface area contributed by atoms with E-state index in [0.29, 0.717) is 11.1 Å². The minimum absolute atomic E-state index is 0.0581. The number of benzene rings is 1. The molecule has 2 saturated heterocycles. The molecule has 32 heavy (non-hydrogen) atoms. The van der Waals surface area contributed by atoms with Gasteiger partial charge in [0.05, 0.1) is 38.4 Å². The van der Waals surface area contributed by atoms with Gasteiger partial charge >= 0.3 is 18.0 Å². The Kier molecular flexibility index (Phi) is 5.45. The van der Waals surface area contributed by atoms with Gasteiger partial charge in [-0.25, -0.2) is 4.79 Å². The van der Waals surface area contributed by atoms with E-state index in [0.717, 1.165) is 5.06 Å². The van der Waals surface area contributed by atoms with Gasteiger partial charge in [-0.15, -0.1) is 0 Å². The first-order valence-electron chi connectivity index (χ1n) is 9.70. The van der Waals surface area contributed by atoms with E-state index >= 15 is 0 Å². The van der Waals surface area contributed by atoms with Gasteiger partial charge in [0.25, 0.3) is 5.91 Å². The topological polar surface area (TPSA) is 104 Å². The summed E-state index contributed by atoms with van der Waals surface area (Å²) >= 11 is 0. The maximum Gasteiger partial charge on any atom is 0.471 e. The lowest BCUT2D eigenvalue weighted by molar-refractivity contribution is -0.237. The van der Waals surface area contributed by atoms with Crippen LogP contribution in [0.3, 0.4) is 0 Å². The smallest absolute Gasteiger partial charge is 0.379 e. The molecule has 3 heterocycles. The lowest BCUT2D eigenvalue weighted by Gasteiger charge is -2.41. The molecule has 172 valence electrons. The van der Waals surface area contributed by atoms with Gasteiger partial charge in [-0.2, -0.15) is 23.2 Å². The van der Waals surface area contributed by atoms with E-state index in [4.69, 9.17) is 14.3 Å². The lowest BCUT2D eigenvalue weighted by atomic mass is 9.87. The van der Waals surface area contributed by atoms with Crippen molar-refractivity contribution in [3.8, 4) is 11.4 Å². The van der Waals surface area contributed by atoms with Crippen molar-refractivity contribution in [1.29, 1.82) is 0 Å². The van der Waals surface area contributed by atoms with Crippen molar-refractivity contribution in [3.63, 3.8) is 0 Å². The summed E-state index contributed by atoms with van der Waals surface area (Å²) in [5.74, 6) is -2.65. The number of halogens is 3. The van der Waals surface area contributed by atoms with Crippen LogP contribution >= 0.6 is 0 Å². The maximum atomic E-state index is 13.0. The van der Waals surface area contributed by atoms with Crippen molar-refractivity contribution in [3.05, 3.63) is 35.7 Å². The van der Waals surface area contributed by atoms with Crippen LogP contribution in [0.25, 0.3) is 11.4 Å². The molecule has 1 amide bonds. The molecule has 12 heteroatoms. The van der Waals surface area contributed by atoms with Crippen LogP contribution in [-0.2, 0) is 36.6 Å². The Hall–Kier alpha value is -2.99. The normalized spacial score (nSPS) is 18.9. The van der Waals surface area contributed by atoms with Crippen molar-refractivity contribution in [2.24, 2.45) is 10.8 Å². The van der Waals surface area contributed by atoms with Crippen LogP contribution in [0.1, 0.15) is 25.3 Å². The number of nitrogens with zero attached hydrogens (tertiary/aromatic N) is 3. The van der Waals surface area contributed by atoms with E-state index in [1.165, 1.54) is 12.1 Å². The fourth-order valence-electron chi connectivity index (χ4n) is 3.10. The number of aromatic nitrogens is 2. The molecule has 0 unspecified atom stereocenters. The molecular weight excluding hydrogens is 435 g/mol. The molecule has 2 aliphatic rings. The van der Waals surface area contributed by atoms with Crippen LogP contribution in [0.5, 0.6) is 0 Å². The number of hydrogen-bond donors (Lipinski definition) is 0. The average Bonchev–Trinajstić information content (AvgIpc) is 3.20. The number of alkyl halides is 3. The van der Waals surface area contributed by atoms with Crippen molar-refractivity contribution in [2.75, 3.05) is 26.4 Å². The van der Waals surface area contributed by atoms with Gasteiger partial charge in [-0.1, -0.05) is 29.4 Å². The predicted octanol–water partition coefficient (Wildman–Crippen LogP) is 2.62. The van der Waals surface area contributed by atoms with E-state index in [1.54, 1.807) is 26.0 Å². The minimum Gasteiger partial charge on any atom is -0.379 e. The van der Waals surface area contributed by atoms with Gasteiger partial charge in [-0.05, 0) is 19.4 Å². The molecule has 2 fully saturated rings. The molecule has 4 rings (SSSR count). The highest BCUT2D eigenvalue weighted by Gasteiger charge is 2.48. The fraction of sp³-hybridized carbons (Fsp3) is 0.500. The third-order valence-electron chi connectivity index (χ3n) is 5.32. The van der Waals surface area contributed by atoms with Gasteiger partial charge in [0.15, 0.2) is 0 Å². The number of hydroxylamine groups is 2. The predicted molar refractivity (Wildman–Crippen MR) is 99.2 cm³/mol. The van der Waals surface area contributed by atoms with Crippen LogP contribution in [0.2, 0.25) is 0 Å². The molecule has 0 atom stereocenters. The number of amides is 1. The summed E-state index contributed by atoms with van der Waals surface area (Å²) in [5.41, 5.74) is -0.765. The fourth-order valence-corrected chi connectivity index (χ4v) is 3.10. The number of rotatable bonds is 5. The molecule has 0 aliphatic carbocycles. The highest BCUT2D eigenvalue weighted by Crippen LogP contribution is 2.33. The number of carbonyl (C=O) groups excluding carboxylic acids is 2. The summed E-state index contributed by atoms with van der Waals surface area (Å²) in [6.07, 6.45) is -4.74. The van der Waals surface area contributed by atoms with Crippen LogP contribution in [0, 0.1) is 10.8 Å². The second kappa shape index (κ2) is 7.85. The van der Waals surface area contributed by atoms with Crippen LogP contribution in [0.15, 0.2) is 28.8 Å². The standard InChI is InChI=1S/C20H20F3N3O6/c1-18(8-29-9-18)16(27)26(32-17(28)19(2)10-30-11-19)7-12-3-5-13(6-4-12)14-24-15(31-25-14)20(21,22)23/h3-6H,7-11H2,1-2H3. The third kappa shape index (κ3) is 4.19. The zero-order valence-corrected chi connectivity index (χ0v) is 17.3. The van der Waals surface area contributed by atoms with Crippen molar-refractivity contribution >= 4 is 11.9 Å². The zero-order chi connectivity index (χ0) is 23.1. The van der Waals surface area contributed by atoms with Crippen LogP contribution in [-0.4, -0.2) is 53.5 Å². The molecule has 2 aromatic rings. The Morgan fingerprint density at radius 1 is 1.06 bits per heavy atom. The van der Waals surface area contributed by atoms with Gasteiger partial charge in [0.2, 0.25) is 5.82 Å². The molecule has 2 aliphatic heterocycles. The Bertz CT molecular complexity index is 1010. The third-order valence-corrected chi connectivity index (χ3v) is 5.32. The summed E-state index contributed by atoms with van der Waals surface area (Å²) in [5, 5.41) is 4.34. The van der Waals surface area contributed by atoms with Gasteiger partial charge < -0.3 is 18.8 Å². The molecular formula is C20H20F3N3O6. The molecule has 9 nitrogen and oxygen atoms in total. The Morgan fingerprint density at radius 3 is 2.12 bits per heavy atom. The first kappa shape index (κ1) is 22.2. The number of ether oxygens (including phenoxy) is 2. The Morgan fingerprint density at radius 2 is 1.66 bits per heavy atom. The first-order valence-corrected chi connectivity index (χ1v) is 9.70. The first-order chi connectivity index (χ1) is 15.0. The maximum absolute atomic E-state index is 13.0. The average molecular weight is 455 g/mol. The van der Waals surface area contributed by atoms with Crippen LogP contribution in [0.4, 0.5) is 13.2 Å². The second-order valence-electron chi connectivity index (χ2n) is 8.45. The molecule has 0 saturated carbocycles. The summed E-state index contributed by atoms with van der Waals surface area (Å²) < 4.78 is 52.4. The Balaban J connectivity index is 1.50. The SMILES string of the molecule is CC1(C(=O)ON(Cc2ccc(-c3noc(C(F)(F)F)n3)cc2)C(=O)C2(C)COC2)COC1. The minimum atomic E-state index is -4.74. The largest absolute Gasteiger partial charge is 0.471 e. The van der Waals surface area contributed by atoms with E-state index in [-0.39, 0.29) is 38.8 Å². The summed E-state index contributed by atoms with van der Waals surface area (Å²) in [7, 11) is 0. The molecule has 0 spiro atoms. The van der Waals surface area contributed by atoms with Crippen molar-refractivity contribution in [2.45, 2.75) is 26.6 Å². The number of hydrogen-bond acceptors (Lipinski definition) is 8. The molecule has 0 N–H and O–H groups in total. The highest BCUT2D eigenvalue weighted by atomic mass is 19.4.